The third-order valence-electron chi connectivity index (χ3n) is 3.18. The van der Waals surface area contributed by atoms with Gasteiger partial charge in [0.15, 0.2) is 0 Å². The van der Waals surface area contributed by atoms with Gasteiger partial charge >= 0.3 is 5.97 Å². The Kier molecular flexibility index (Phi) is 4.61. The molecule has 0 atom stereocenters. The maximum atomic E-state index is 12.5. The number of fused-ring (bicyclic) bond motifs is 1. The van der Waals surface area contributed by atoms with E-state index in [-0.39, 0.29) is 18.0 Å². The molecule has 0 amide bonds. The fraction of sp³-hybridized carbons (Fsp3) is 0.0667. The Hall–Kier alpha value is -2.93. The molecule has 3 aromatic rings. The Morgan fingerprint density at radius 2 is 2.04 bits per heavy atom. The second-order valence-electron chi connectivity index (χ2n) is 4.48. The summed E-state index contributed by atoms with van der Waals surface area (Å²) in [5.41, 5.74) is -0.205. The lowest BCUT2D eigenvalue weighted by atomic mass is 10.2. The van der Waals surface area contributed by atoms with Crippen molar-refractivity contribution in [3.63, 3.8) is 0 Å². The molecule has 0 bridgehead atoms. The Balaban J connectivity index is 0.00000192. The number of ether oxygens (including phenoxy) is 1. The first kappa shape index (κ1) is 16.4. The van der Waals surface area contributed by atoms with Crippen molar-refractivity contribution in [2.45, 2.75) is 0 Å². The van der Waals surface area contributed by atoms with Crippen LogP contribution in [0.5, 0.6) is 5.88 Å². The molecule has 3 aromatic heterocycles. The Labute approximate surface area is 136 Å². The first-order valence-electron chi connectivity index (χ1n) is 6.36. The van der Waals surface area contributed by atoms with Crippen LogP contribution in [-0.2, 0) is 0 Å². The highest BCUT2D eigenvalue weighted by Gasteiger charge is 2.16. The Bertz CT molecular complexity index is 922. The molecule has 3 rings (SSSR count). The zero-order chi connectivity index (χ0) is 15.7. The Morgan fingerprint density at radius 3 is 2.65 bits per heavy atom. The number of carboxylic acids is 1. The van der Waals surface area contributed by atoms with Crippen molar-refractivity contribution in [1.82, 2.24) is 14.5 Å². The highest BCUT2D eigenvalue weighted by Crippen LogP contribution is 2.16. The largest absolute Gasteiger partial charge is 0.481 e. The highest BCUT2D eigenvalue weighted by atomic mass is 35.5. The minimum absolute atomic E-state index is 0. The summed E-state index contributed by atoms with van der Waals surface area (Å²) in [5, 5.41) is 9.76. The van der Waals surface area contributed by atoms with E-state index in [1.807, 2.05) is 0 Å². The number of hydrogen-bond acceptors (Lipinski definition) is 5. The lowest BCUT2D eigenvalue weighted by Crippen LogP contribution is -2.26. The van der Waals surface area contributed by atoms with Crippen molar-refractivity contribution in [3.8, 4) is 11.6 Å². The van der Waals surface area contributed by atoms with Gasteiger partial charge in [-0.1, -0.05) is 0 Å². The SMILES string of the molecule is COc1ccc(-n2c(=O)c(C(=O)O)cc3cccnc32)cn1.Cl. The zero-order valence-electron chi connectivity index (χ0n) is 12.0. The van der Waals surface area contributed by atoms with E-state index in [1.165, 1.54) is 30.1 Å². The predicted molar refractivity (Wildman–Crippen MR) is 85.9 cm³/mol. The van der Waals surface area contributed by atoms with Crippen molar-refractivity contribution < 1.29 is 14.6 Å². The van der Waals surface area contributed by atoms with Crippen LogP contribution >= 0.6 is 12.4 Å². The molecular weight excluding hydrogens is 322 g/mol. The molecule has 0 aliphatic heterocycles. The van der Waals surface area contributed by atoms with E-state index in [9.17, 15) is 14.7 Å². The monoisotopic (exact) mass is 333 g/mol. The van der Waals surface area contributed by atoms with Gasteiger partial charge < -0.3 is 9.84 Å². The predicted octanol–water partition coefficient (Wildman–Crippen LogP) is 1.91. The van der Waals surface area contributed by atoms with Gasteiger partial charge in [-0.05, 0) is 24.3 Å². The van der Waals surface area contributed by atoms with E-state index in [1.54, 1.807) is 24.3 Å². The van der Waals surface area contributed by atoms with E-state index in [0.717, 1.165) is 0 Å². The van der Waals surface area contributed by atoms with Crippen molar-refractivity contribution >= 4 is 29.4 Å². The summed E-state index contributed by atoms with van der Waals surface area (Å²) in [4.78, 5) is 32.0. The maximum absolute atomic E-state index is 12.5. The first-order valence-corrected chi connectivity index (χ1v) is 6.36. The molecule has 118 valence electrons. The van der Waals surface area contributed by atoms with E-state index in [4.69, 9.17) is 4.74 Å². The number of aromatic carboxylic acids is 1. The van der Waals surface area contributed by atoms with Crippen molar-refractivity contribution in [3.05, 3.63) is 58.6 Å². The zero-order valence-corrected chi connectivity index (χ0v) is 12.8. The molecule has 0 fully saturated rings. The summed E-state index contributed by atoms with van der Waals surface area (Å²) >= 11 is 0. The number of carbonyl (C=O) groups is 1. The number of aromatic nitrogens is 3. The molecule has 0 saturated carbocycles. The van der Waals surface area contributed by atoms with Gasteiger partial charge in [0.05, 0.1) is 19.0 Å². The summed E-state index contributed by atoms with van der Waals surface area (Å²) in [6.07, 6.45) is 2.97. The van der Waals surface area contributed by atoms with Gasteiger partial charge in [0.1, 0.15) is 11.2 Å². The van der Waals surface area contributed by atoms with Crippen molar-refractivity contribution in [2.24, 2.45) is 0 Å². The summed E-state index contributed by atoms with van der Waals surface area (Å²) < 4.78 is 6.20. The van der Waals surface area contributed by atoms with Crippen LogP contribution in [0.2, 0.25) is 0 Å². The fourth-order valence-corrected chi connectivity index (χ4v) is 2.16. The van der Waals surface area contributed by atoms with E-state index >= 15 is 0 Å². The van der Waals surface area contributed by atoms with E-state index in [0.29, 0.717) is 22.6 Å². The molecule has 23 heavy (non-hydrogen) atoms. The van der Waals surface area contributed by atoms with Gasteiger partial charge in [0.25, 0.3) is 5.56 Å². The van der Waals surface area contributed by atoms with Crippen LogP contribution in [0.4, 0.5) is 0 Å². The van der Waals surface area contributed by atoms with Gasteiger partial charge in [-0.15, -0.1) is 12.4 Å². The molecule has 0 aromatic carbocycles. The average molecular weight is 334 g/mol. The van der Waals surface area contributed by atoms with Crippen LogP contribution in [0.15, 0.2) is 47.5 Å². The van der Waals surface area contributed by atoms with E-state index < -0.39 is 11.5 Å². The van der Waals surface area contributed by atoms with Crippen LogP contribution in [0.1, 0.15) is 10.4 Å². The number of halogens is 1. The summed E-state index contributed by atoms with van der Waals surface area (Å²) in [5.74, 6) is -0.894. The fourth-order valence-electron chi connectivity index (χ4n) is 2.16. The number of carboxylic acid groups (broad SMARTS) is 1. The molecule has 0 saturated heterocycles. The van der Waals surface area contributed by atoms with Gasteiger partial charge in [0.2, 0.25) is 5.88 Å². The first-order chi connectivity index (χ1) is 10.6. The van der Waals surface area contributed by atoms with Crippen LogP contribution in [0.3, 0.4) is 0 Å². The van der Waals surface area contributed by atoms with Gasteiger partial charge in [-0.25, -0.2) is 14.8 Å². The normalized spacial score (nSPS) is 10.1. The number of pyridine rings is 3. The van der Waals surface area contributed by atoms with Gasteiger partial charge in [-0.2, -0.15) is 0 Å². The summed E-state index contributed by atoms with van der Waals surface area (Å²) in [7, 11) is 1.48. The number of nitrogens with zero attached hydrogens (tertiary/aromatic N) is 3. The molecule has 3 heterocycles. The molecular formula is C15H12ClN3O4. The van der Waals surface area contributed by atoms with Gasteiger partial charge in [0, 0.05) is 17.6 Å². The third-order valence-corrected chi connectivity index (χ3v) is 3.18. The van der Waals surface area contributed by atoms with Crippen LogP contribution in [0.25, 0.3) is 16.7 Å². The van der Waals surface area contributed by atoms with Crippen LogP contribution in [-0.4, -0.2) is 32.7 Å². The molecule has 0 unspecified atom stereocenters. The molecule has 0 radical (unpaired) electrons. The van der Waals surface area contributed by atoms with E-state index in [2.05, 4.69) is 9.97 Å². The number of methoxy groups -OCH3 is 1. The van der Waals surface area contributed by atoms with Gasteiger partial charge in [-0.3, -0.25) is 9.36 Å². The Morgan fingerprint density at radius 1 is 1.26 bits per heavy atom. The molecule has 0 aliphatic rings. The van der Waals surface area contributed by atoms with Crippen LogP contribution in [0, 0.1) is 0 Å². The highest BCUT2D eigenvalue weighted by molar-refractivity contribution is 5.92. The standard InChI is InChI=1S/C15H11N3O4.ClH/c1-22-12-5-4-10(8-17-12)18-13-9(3-2-6-16-13)7-11(14(18)19)15(20)21;/h2-8H,1H3,(H,20,21);1H. The third kappa shape index (κ3) is 2.86. The average Bonchev–Trinajstić information content (AvgIpc) is 2.54. The van der Waals surface area contributed by atoms with Crippen molar-refractivity contribution in [1.29, 1.82) is 0 Å². The molecule has 7 nitrogen and oxygen atoms in total. The molecule has 0 aliphatic carbocycles. The lowest BCUT2D eigenvalue weighted by molar-refractivity contribution is 0.0695. The van der Waals surface area contributed by atoms with Crippen LogP contribution < -0.4 is 10.3 Å². The van der Waals surface area contributed by atoms with Crippen molar-refractivity contribution in [2.75, 3.05) is 7.11 Å². The maximum Gasteiger partial charge on any atom is 0.341 e. The second kappa shape index (κ2) is 6.45. The minimum atomic E-state index is -1.29. The minimum Gasteiger partial charge on any atom is -0.481 e. The molecule has 0 spiro atoms. The molecule has 1 N–H and O–H groups in total. The summed E-state index contributed by atoms with van der Waals surface area (Å²) in [6.45, 7) is 0. The molecule has 8 heteroatoms. The quantitative estimate of drug-likeness (QED) is 0.786. The second-order valence-corrected chi connectivity index (χ2v) is 4.48. The lowest BCUT2D eigenvalue weighted by Gasteiger charge is -2.10. The number of rotatable bonds is 3. The number of hydrogen-bond donors (Lipinski definition) is 1. The summed E-state index contributed by atoms with van der Waals surface area (Å²) in [6, 6.07) is 7.90. The topological polar surface area (TPSA) is 94.3 Å². The smallest absolute Gasteiger partial charge is 0.341 e.